The number of nitrogens with zero attached hydrogens (tertiary/aromatic N) is 1. The second kappa shape index (κ2) is 9.66. The number of sulfonamides is 1. The third-order valence-corrected chi connectivity index (χ3v) is 6.67. The van der Waals surface area contributed by atoms with Gasteiger partial charge in [-0.1, -0.05) is 42.8 Å². The number of methoxy groups -OCH3 is 1. The fourth-order valence-electron chi connectivity index (χ4n) is 3.07. The van der Waals surface area contributed by atoms with Gasteiger partial charge in [0.1, 0.15) is 12.3 Å². The largest absolute Gasteiger partial charge is 0.497 e. The van der Waals surface area contributed by atoms with E-state index in [4.69, 9.17) is 4.74 Å². The Kier molecular flexibility index (Phi) is 6.97. The second-order valence-corrected chi connectivity index (χ2v) is 8.99. The molecule has 3 aromatic carbocycles. The Bertz CT molecular complexity index is 1140. The van der Waals surface area contributed by atoms with Crippen LogP contribution >= 0.6 is 0 Å². The third kappa shape index (κ3) is 5.44. The summed E-state index contributed by atoms with van der Waals surface area (Å²) in [7, 11) is -2.47. The molecule has 0 saturated heterocycles. The highest BCUT2D eigenvalue weighted by Gasteiger charge is 2.27. The highest BCUT2D eigenvalue weighted by molar-refractivity contribution is 7.92. The van der Waals surface area contributed by atoms with Crippen LogP contribution in [0.25, 0.3) is 0 Å². The van der Waals surface area contributed by atoms with Gasteiger partial charge in [0.2, 0.25) is 5.91 Å². The summed E-state index contributed by atoms with van der Waals surface area (Å²) >= 11 is 0. The first-order valence-corrected chi connectivity index (χ1v) is 11.4. The van der Waals surface area contributed by atoms with E-state index in [1.54, 1.807) is 60.7 Å². The van der Waals surface area contributed by atoms with Gasteiger partial charge in [0, 0.05) is 11.8 Å². The summed E-state index contributed by atoms with van der Waals surface area (Å²) in [6, 6.07) is 20.6. The van der Waals surface area contributed by atoms with E-state index in [-0.39, 0.29) is 11.4 Å². The van der Waals surface area contributed by atoms with Gasteiger partial charge in [0.05, 0.1) is 17.7 Å². The molecule has 1 N–H and O–H groups in total. The summed E-state index contributed by atoms with van der Waals surface area (Å²) in [5, 5.41) is 2.78. The highest BCUT2D eigenvalue weighted by Crippen LogP contribution is 2.27. The minimum Gasteiger partial charge on any atom is -0.497 e. The van der Waals surface area contributed by atoms with Gasteiger partial charge < -0.3 is 10.1 Å². The van der Waals surface area contributed by atoms with Gasteiger partial charge in [0.25, 0.3) is 10.0 Å². The van der Waals surface area contributed by atoms with E-state index in [1.165, 1.54) is 7.11 Å². The summed E-state index contributed by atoms with van der Waals surface area (Å²) in [5.74, 6) is 0.0555. The fraction of sp³-hybridized carbons (Fsp3) is 0.208. The lowest BCUT2D eigenvalue weighted by atomic mass is 10.1. The van der Waals surface area contributed by atoms with Crippen molar-refractivity contribution >= 4 is 27.3 Å². The van der Waals surface area contributed by atoms with Crippen molar-refractivity contribution in [3.8, 4) is 5.75 Å². The first kappa shape index (κ1) is 22.4. The summed E-state index contributed by atoms with van der Waals surface area (Å²) in [4.78, 5) is 12.9. The number of amides is 1. The van der Waals surface area contributed by atoms with Gasteiger partial charge in [0.15, 0.2) is 0 Å². The van der Waals surface area contributed by atoms with Crippen LogP contribution in [0.3, 0.4) is 0 Å². The standard InChI is InChI=1S/C24H26N2O4S/c1-4-19-10-12-20(13-11-19)25-24(27)17-26(21-6-5-7-22(16-21)30-3)31(28,29)23-14-8-18(2)9-15-23/h5-16H,4,17H2,1-3H3,(H,25,27). The molecular weight excluding hydrogens is 412 g/mol. The highest BCUT2D eigenvalue weighted by atomic mass is 32.2. The number of carbonyl (C=O) groups excluding carboxylic acids is 1. The van der Waals surface area contributed by atoms with Gasteiger partial charge >= 0.3 is 0 Å². The van der Waals surface area contributed by atoms with Gasteiger partial charge in [-0.15, -0.1) is 0 Å². The van der Waals surface area contributed by atoms with E-state index in [1.807, 2.05) is 19.1 Å². The molecule has 31 heavy (non-hydrogen) atoms. The number of hydrogen-bond donors (Lipinski definition) is 1. The van der Waals surface area contributed by atoms with Crippen molar-refractivity contribution in [1.82, 2.24) is 0 Å². The predicted octanol–water partition coefficient (Wildman–Crippen LogP) is 4.40. The molecule has 0 unspecified atom stereocenters. The van der Waals surface area contributed by atoms with E-state index in [9.17, 15) is 13.2 Å². The molecule has 0 fully saturated rings. The van der Waals surface area contributed by atoms with Crippen LogP contribution in [-0.2, 0) is 21.2 Å². The summed E-state index contributed by atoms with van der Waals surface area (Å²) in [6.07, 6.45) is 0.895. The number of rotatable bonds is 8. The smallest absolute Gasteiger partial charge is 0.264 e. The fourth-order valence-corrected chi connectivity index (χ4v) is 4.49. The SMILES string of the molecule is CCc1ccc(NC(=O)CN(c2cccc(OC)c2)S(=O)(=O)c2ccc(C)cc2)cc1. The van der Waals surface area contributed by atoms with Crippen molar-refractivity contribution in [3.63, 3.8) is 0 Å². The van der Waals surface area contributed by atoms with Crippen molar-refractivity contribution in [1.29, 1.82) is 0 Å². The molecule has 0 saturated carbocycles. The number of nitrogens with one attached hydrogen (secondary N) is 1. The summed E-state index contributed by atoms with van der Waals surface area (Å²) in [6.45, 7) is 3.56. The minimum atomic E-state index is -3.98. The van der Waals surface area contributed by atoms with Crippen LogP contribution in [0.2, 0.25) is 0 Å². The zero-order chi connectivity index (χ0) is 22.4. The number of hydrogen-bond acceptors (Lipinski definition) is 4. The molecule has 162 valence electrons. The molecule has 0 radical (unpaired) electrons. The predicted molar refractivity (Wildman–Crippen MR) is 123 cm³/mol. The molecule has 0 atom stereocenters. The quantitative estimate of drug-likeness (QED) is 0.566. The van der Waals surface area contributed by atoms with Gasteiger partial charge in [-0.3, -0.25) is 9.10 Å². The van der Waals surface area contributed by atoms with Crippen LogP contribution < -0.4 is 14.4 Å². The molecule has 0 aliphatic carbocycles. The Labute approximate surface area is 183 Å². The Morgan fingerprint density at radius 3 is 2.29 bits per heavy atom. The average Bonchev–Trinajstić information content (AvgIpc) is 2.78. The van der Waals surface area contributed by atoms with E-state index in [0.717, 1.165) is 21.9 Å². The number of anilines is 2. The van der Waals surface area contributed by atoms with Crippen LogP contribution in [0.15, 0.2) is 77.7 Å². The Morgan fingerprint density at radius 1 is 1.00 bits per heavy atom. The summed E-state index contributed by atoms with van der Waals surface area (Å²) < 4.78 is 33.2. The molecule has 0 spiro atoms. The molecule has 0 aliphatic rings. The van der Waals surface area contributed by atoms with E-state index in [0.29, 0.717) is 17.1 Å². The van der Waals surface area contributed by atoms with E-state index in [2.05, 4.69) is 12.2 Å². The first-order valence-electron chi connectivity index (χ1n) is 9.95. The van der Waals surface area contributed by atoms with E-state index < -0.39 is 15.9 Å². The average molecular weight is 439 g/mol. The zero-order valence-corrected chi connectivity index (χ0v) is 18.6. The lowest BCUT2D eigenvalue weighted by Gasteiger charge is -2.24. The van der Waals surface area contributed by atoms with Crippen LogP contribution in [-0.4, -0.2) is 28.0 Å². The van der Waals surface area contributed by atoms with Gasteiger partial charge in [-0.2, -0.15) is 0 Å². The lowest BCUT2D eigenvalue weighted by molar-refractivity contribution is -0.114. The monoisotopic (exact) mass is 438 g/mol. The van der Waals surface area contributed by atoms with Crippen LogP contribution in [0, 0.1) is 6.92 Å². The maximum Gasteiger partial charge on any atom is 0.264 e. The maximum atomic E-state index is 13.4. The second-order valence-electron chi connectivity index (χ2n) is 7.12. The molecule has 1 amide bonds. The normalized spacial score (nSPS) is 11.1. The van der Waals surface area contributed by atoms with Gasteiger partial charge in [-0.25, -0.2) is 8.42 Å². The molecule has 6 nitrogen and oxygen atoms in total. The molecule has 0 heterocycles. The molecular formula is C24H26N2O4S. The Morgan fingerprint density at radius 2 is 1.68 bits per heavy atom. The number of benzene rings is 3. The van der Waals surface area contributed by atoms with Crippen molar-refractivity contribution in [2.45, 2.75) is 25.2 Å². The van der Waals surface area contributed by atoms with Gasteiger partial charge in [-0.05, 0) is 55.3 Å². The molecule has 0 aliphatic heterocycles. The Hall–Kier alpha value is -3.32. The Balaban J connectivity index is 1.93. The van der Waals surface area contributed by atoms with Crippen molar-refractivity contribution in [3.05, 3.63) is 83.9 Å². The van der Waals surface area contributed by atoms with Crippen molar-refractivity contribution in [2.24, 2.45) is 0 Å². The molecule has 7 heteroatoms. The number of ether oxygens (including phenoxy) is 1. The van der Waals surface area contributed by atoms with Crippen molar-refractivity contribution in [2.75, 3.05) is 23.3 Å². The molecule has 3 aromatic rings. The van der Waals surface area contributed by atoms with Crippen molar-refractivity contribution < 1.29 is 17.9 Å². The summed E-state index contributed by atoms with van der Waals surface area (Å²) in [5.41, 5.74) is 3.05. The first-order chi connectivity index (χ1) is 14.8. The lowest BCUT2D eigenvalue weighted by Crippen LogP contribution is -2.38. The van der Waals surface area contributed by atoms with Crippen LogP contribution in [0.1, 0.15) is 18.1 Å². The minimum absolute atomic E-state index is 0.112. The molecule has 3 rings (SSSR count). The molecule has 0 aromatic heterocycles. The zero-order valence-electron chi connectivity index (χ0n) is 17.8. The van der Waals surface area contributed by atoms with E-state index >= 15 is 0 Å². The molecule has 0 bridgehead atoms. The number of aryl methyl sites for hydroxylation is 2. The topological polar surface area (TPSA) is 75.7 Å². The third-order valence-electron chi connectivity index (χ3n) is 4.88. The van der Waals surface area contributed by atoms with Crippen LogP contribution in [0.5, 0.6) is 5.75 Å². The van der Waals surface area contributed by atoms with Crippen LogP contribution in [0.4, 0.5) is 11.4 Å². The maximum absolute atomic E-state index is 13.4. The number of carbonyl (C=O) groups is 1.